The van der Waals surface area contributed by atoms with Gasteiger partial charge in [0.1, 0.15) is 0 Å². The Balaban J connectivity index is 1.55. The molecule has 3 rings (SSSR count). The number of hydrazone groups is 1. The lowest BCUT2D eigenvalue weighted by atomic mass is 10.3. The first-order chi connectivity index (χ1) is 12.6. The predicted octanol–water partition coefficient (Wildman–Crippen LogP) is 4.98. The van der Waals surface area contributed by atoms with Gasteiger partial charge in [-0.2, -0.15) is 5.10 Å². The van der Waals surface area contributed by atoms with Crippen molar-refractivity contribution in [2.24, 2.45) is 5.10 Å². The van der Waals surface area contributed by atoms with E-state index in [1.165, 1.54) is 15.3 Å². The highest BCUT2D eigenvalue weighted by atomic mass is 127. The van der Waals surface area contributed by atoms with Crippen LogP contribution in [0.2, 0.25) is 5.02 Å². The zero-order chi connectivity index (χ0) is 18.4. The Bertz CT molecular complexity index is 907. The highest BCUT2D eigenvalue weighted by Gasteiger charge is 2.03. The summed E-state index contributed by atoms with van der Waals surface area (Å²) in [6.07, 6.45) is 3.60. The van der Waals surface area contributed by atoms with E-state index in [1.807, 2.05) is 59.3 Å². The highest BCUT2D eigenvalue weighted by molar-refractivity contribution is 14.1. The smallest absolute Gasteiger partial charge is 0.250 e. The third kappa shape index (κ3) is 5.36. The van der Waals surface area contributed by atoms with E-state index in [-0.39, 0.29) is 11.7 Å². The summed E-state index contributed by atoms with van der Waals surface area (Å²) in [5.74, 6) is 0.130. The molecule has 0 aliphatic rings. The Hall–Kier alpha value is -1.77. The molecule has 0 fully saturated rings. The molecule has 0 spiro atoms. The number of hydrogen-bond donors (Lipinski definition) is 1. The lowest BCUT2D eigenvalue weighted by molar-refractivity contribution is -0.118. The fraction of sp³-hybridized carbons (Fsp3) is 0.0526. The lowest BCUT2D eigenvalue weighted by Crippen LogP contribution is -2.19. The van der Waals surface area contributed by atoms with Crippen molar-refractivity contribution in [3.63, 3.8) is 0 Å². The minimum atomic E-state index is -0.159. The number of nitrogens with one attached hydrogen (secondary N) is 1. The van der Waals surface area contributed by atoms with E-state index in [9.17, 15) is 4.79 Å². The Labute approximate surface area is 174 Å². The zero-order valence-electron chi connectivity index (χ0n) is 13.6. The van der Waals surface area contributed by atoms with Crippen molar-refractivity contribution in [1.29, 1.82) is 0 Å². The second-order valence-corrected chi connectivity index (χ2v) is 8.05. The van der Waals surface area contributed by atoms with Gasteiger partial charge in [-0.15, -0.1) is 11.8 Å². The third-order valence-electron chi connectivity index (χ3n) is 3.45. The molecule has 1 heterocycles. The number of rotatable bonds is 6. The highest BCUT2D eigenvalue weighted by Crippen LogP contribution is 2.20. The van der Waals surface area contributed by atoms with Gasteiger partial charge >= 0.3 is 0 Å². The summed E-state index contributed by atoms with van der Waals surface area (Å²) >= 11 is 9.56. The van der Waals surface area contributed by atoms with E-state index >= 15 is 0 Å². The number of carbonyl (C=O) groups excluding carboxylic acids is 1. The Kier molecular flexibility index (Phi) is 6.76. The molecular formula is C19H15ClIN3OS. The number of hydrogen-bond acceptors (Lipinski definition) is 3. The van der Waals surface area contributed by atoms with Crippen LogP contribution in [-0.2, 0) is 4.79 Å². The lowest BCUT2D eigenvalue weighted by Gasteiger charge is -2.06. The van der Waals surface area contributed by atoms with Crippen LogP contribution in [0.25, 0.3) is 5.69 Å². The van der Waals surface area contributed by atoms with Crippen molar-refractivity contribution in [3.05, 3.63) is 81.1 Å². The van der Waals surface area contributed by atoms with Crippen LogP contribution in [0.3, 0.4) is 0 Å². The molecule has 3 aromatic rings. The number of amides is 1. The van der Waals surface area contributed by atoms with Crippen LogP contribution in [0.5, 0.6) is 0 Å². The van der Waals surface area contributed by atoms with Crippen molar-refractivity contribution in [2.45, 2.75) is 4.90 Å². The molecule has 1 N–H and O–H groups in total. The topological polar surface area (TPSA) is 46.4 Å². The first-order valence-electron chi connectivity index (χ1n) is 7.75. The fourth-order valence-corrected chi connectivity index (χ4v) is 3.39. The van der Waals surface area contributed by atoms with E-state index in [0.717, 1.165) is 16.3 Å². The second-order valence-electron chi connectivity index (χ2n) is 5.32. The predicted molar refractivity (Wildman–Crippen MR) is 116 cm³/mol. The van der Waals surface area contributed by atoms with Gasteiger partial charge in [0.15, 0.2) is 0 Å². The first kappa shape index (κ1) is 19.0. The third-order valence-corrected chi connectivity index (χ3v) is 5.44. The van der Waals surface area contributed by atoms with Gasteiger partial charge < -0.3 is 4.57 Å². The van der Waals surface area contributed by atoms with Crippen molar-refractivity contribution in [2.75, 3.05) is 5.75 Å². The molecular weight excluding hydrogens is 481 g/mol. The molecule has 132 valence electrons. The van der Waals surface area contributed by atoms with E-state index in [1.54, 1.807) is 18.3 Å². The Morgan fingerprint density at radius 3 is 2.62 bits per heavy atom. The van der Waals surface area contributed by atoms with Gasteiger partial charge in [0.2, 0.25) is 5.91 Å². The maximum atomic E-state index is 11.9. The van der Waals surface area contributed by atoms with E-state index < -0.39 is 0 Å². The molecule has 0 unspecified atom stereocenters. The maximum absolute atomic E-state index is 11.9. The second kappa shape index (κ2) is 9.25. The molecule has 0 aliphatic heterocycles. The van der Waals surface area contributed by atoms with Gasteiger partial charge in [-0.25, -0.2) is 5.43 Å². The number of thioether (sulfide) groups is 1. The number of benzene rings is 2. The normalized spacial score (nSPS) is 11.0. The molecule has 0 saturated heterocycles. The summed E-state index contributed by atoms with van der Waals surface area (Å²) in [6, 6.07) is 19.4. The molecule has 0 saturated carbocycles. The van der Waals surface area contributed by atoms with Crippen LogP contribution in [0.1, 0.15) is 5.69 Å². The summed E-state index contributed by atoms with van der Waals surface area (Å²) in [4.78, 5) is 12.9. The number of halogens is 2. The number of carbonyl (C=O) groups is 1. The number of nitrogens with zero attached hydrogens (tertiary/aromatic N) is 2. The minimum absolute atomic E-state index is 0.159. The van der Waals surface area contributed by atoms with Gasteiger partial charge in [0, 0.05) is 25.4 Å². The van der Waals surface area contributed by atoms with Crippen molar-refractivity contribution >= 4 is 58.1 Å². The average molecular weight is 496 g/mol. The van der Waals surface area contributed by atoms with Crippen molar-refractivity contribution in [1.82, 2.24) is 9.99 Å². The molecule has 0 bridgehead atoms. The van der Waals surface area contributed by atoms with Crippen LogP contribution < -0.4 is 5.43 Å². The largest absolute Gasteiger partial charge is 0.316 e. The first-order valence-corrected chi connectivity index (χ1v) is 10.2. The number of aromatic nitrogens is 1. The van der Waals surface area contributed by atoms with E-state index in [4.69, 9.17) is 11.6 Å². The van der Waals surface area contributed by atoms with E-state index in [0.29, 0.717) is 5.02 Å². The summed E-state index contributed by atoms with van der Waals surface area (Å²) in [5, 5.41) is 4.74. The fourth-order valence-electron chi connectivity index (χ4n) is 2.22. The summed E-state index contributed by atoms with van der Waals surface area (Å²) in [6.45, 7) is 0. The molecule has 2 aromatic carbocycles. The average Bonchev–Trinajstić information content (AvgIpc) is 3.10. The molecule has 0 atom stereocenters. The Morgan fingerprint density at radius 1 is 1.15 bits per heavy atom. The minimum Gasteiger partial charge on any atom is -0.316 e. The summed E-state index contributed by atoms with van der Waals surface area (Å²) in [5.41, 5.74) is 4.49. The van der Waals surface area contributed by atoms with Crippen molar-refractivity contribution < 1.29 is 4.79 Å². The molecule has 0 aliphatic carbocycles. The Morgan fingerprint density at radius 2 is 1.88 bits per heavy atom. The quantitative estimate of drug-likeness (QED) is 0.227. The molecule has 4 nitrogen and oxygen atoms in total. The van der Waals surface area contributed by atoms with Gasteiger partial charge in [-0.05, 0) is 83.3 Å². The SMILES string of the molecule is O=C(CSc1ccc(Cl)cc1)N/N=C\c1cccn1-c1ccc(I)cc1. The van der Waals surface area contributed by atoms with Gasteiger partial charge in [0.25, 0.3) is 0 Å². The molecule has 1 aromatic heterocycles. The van der Waals surface area contributed by atoms with E-state index in [2.05, 4.69) is 33.1 Å². The zero-order valence-corrected chi connectivity index (χ0v) is 17.3. The van der Waals surface area contributed by atoms with Crippen molar-refractivity contribution in [3.8, 4) is 5.69 Å². The molecule has 0 radical (unpaired) electrons. The van der Waals surface area contributed by atoms with Crippen LogP contribution in [-0.4, -0.2) is 22.4 Å². The molecule has 1 amide bonds. The maximum Gasteiger partial charge on any atom is 0.250 e. The summed E-state index contributed by atoms with van der Waals surface area (Å²) in [7, 11) is 0. The standard InChI is InChI=1S/C19H15ClIN3OS/c20-14-3-9-18(10-4-14)26-13-19(25)23-22-12-17-2-1-11-24(17)16-7-5-15(21)6-8-16/h1-12H,13H2,(H,23,25)/b22-12-. The monoisotopic (exact) mass is 495 g/mol. The van der Waals surface area contributed by atoms with Crippen LogP contribution in [0.15, 0.2) is 76.9 Å². The van der Waals surface area contributed by atoms with Crippen LogP contribution in [0.4, 0.5) is 0 Å². The summed E-state index contributed by atoms with van der Waals surface area (Å²) < 4.78 is 3.19. The van der Waals surface area contributed by atoms with Gasteiger partial charge in [0.05, 0.1) is 17.7 Å². The van der Waals surface area contributed by atoms with Crippen LogP contribution in [0, 0.1) is 3.57 Å². The van der Waals surface area contributed by atoms with Crippen LogP contribution >= 0.6 is 46.0 Å². The molecule has 26 heavy (non-hydrogen) atoms. The van der Waals surface area contributed by atoms with Gasteiger partial charge in [-0.3, -0.25) is 4.79 Å². The van der Waals surface area contributed by atoms with Gasteiger partial charge in [-0.1, -0.05) is 11.6 Å². The molecule has 7 heteroatoms.